The first-order valence-electron chi connectivity index (χ1n) is 6.60. The number of carboxylic acid groups (broad SMARTS) is 1. The van der Waals surface area contributed by atoms with Crippen LogP contribution < -0.4 is 10.2 Å². The van der Waals surface area contributed by atoms with Crippen molar-refractivity contribution in [2.45, 2.75) is 19.4 Å². The van der Waals surface area contributed by atoms with Crippen LogP contribution in [0, 0.1) is 17.6 Å². The molecule has 0 saturated carbocycles. The number of hydrogen-bond acceptors (Lipinski definition) is 3. The van der Waals surface area contributed by atoms with E-state index in [-0.39, 0.29) is 18.7 Å². The second-order valence-corrected chi connectivity index (χ2v) is 5.03. The third-order valence-electron chi connectivity index (χ3n) is 3.41. The summed E-state index contributed by atoms with van der Waals surface area (Å²) >= 11 is 0. The molecule has 2 N–H and O–H groups in total. The van der Waals surface area contributed by atoms with E-state index in [9.17, 15) is 23.2 Å². The van der Waals surface area contributed by atoms with Crippen LogP contribution in [0.25, 0.3) is 0 Å². The maximum Gasteiger partial charge on any atom is 0.325 e. The summed E-state index contributed by atoms with van der Waals surface area (Å²) in [6, 6.07) is 1.56. The van der Waals surface area contributed by atoms with Crippen LogP contribution in [0.4, 0.5) is 14.5 Å². The summed E-state index contributed by atoms with van der Waals surface area (Å²) in [7, 11) is 0. The number of carboxylic acids is 1. The summed E-state index contributed by atoms with van der Waals surface area (Å²) in [5.41, 5.74) is 0.0316. The highest BCUT2D eigenvalue weighted by Crippen LogP contribution is 2.26. The van der Waals surface area contributed by atoms with Crippen LogP contribution in [0.5, 0.6) is 0 Å². The molecule has 6 nitrogen and oxygen atoms in total. The van der Waals surface area contributed by atoms with Crippen LogP contribution in [0.2, 0.25) is 0 Å². The molecular formula is C14H14F2N2O4. The van der Waals surface area contributed by atoms with E-state index < -0.39 is 41.4 Å². The Morgan fingerprint density at radius 1 is 1.32 bits per heavy atom. The lowest BCUT2D eigenvalue weighted by Gasteiger charge is -2.17. The first kappa shape index (κ1) is 15.9. The highest BCUT2D eigenvalue weighted by molar-refractivity contribution is 6.10. The molecule has 1 aromatic rings. The van der Waals surface area contributed by atoms with Crippen molar-refractivity contribution < 1.29 is 28.3 Å². The smallest absolute Gasteiger partial charge is 0.325 e. The molecule has 1 saturated heterocycles. The normalized spacial score (nSPS) is 19.1. The highest BCUT2D eigenvalue weighted by Gasteiger charge is 2.38. The molecule has 0 aliphatic carbocycles. The quantitative estimate of drug-likeness (QED) is 0.809. The van der Waals surface area contributed by atoms with E-state index in [0.717, 1.165) is 17.0 Å². The fraction of sp³-hybridized carbons (Fsp3) is 0.357. The number of aliphatic carboxylic acids is 1. The van der Waals surface area contributed by atoms with Gasteiger partial charge in [-0.2, -0.15) is 0 Å². The molecule has 0 spiro atoms. The highest BCUT2D eigenvalue weighted by atomic mass is 19.1. The Kier molecular flexibility index (Phi) is 4.39. The average molecular weight is 312 g/mol. The molecule has 2 atom stereocenters. The summed E-state index contributed by atoms with van der Waals surface area (Å²) in [4.78, 5) is 35.9. The molecule has 1 heterocycles. The van der Waals surface area contributed by atoms with Crippen molar-refractivity contribution in [1.29, 1.82) is 0 Å². The molecule has 8 heteroatoms. The van der Waals surface area contributed by atoms with Gasteiger partial charge in [0.05, 0.1) is 0 Å². The van der Waals surface area contributed by atoms with Crippen molar-refractivity contribution in [1.82, 2.24) is 5.32 Å². The van der Waals surface area contributed by atoms with Crippen LogP contribution in [0.15, 0.2) is 18.2 Å². The van der Waals surface area contributed by atoms with Gasteiger partial charge >= 0.3 is 5.97 Å². The number of hydrogen-bond donors (Lipinski definition) is 2. The van der Waals surface area contributed by atoms with Gasteiger partial charge in [0.25, 0.3) is 0 Å². The van der Waals surface area contributed by atoms with Crippen LogP contribution in [-0.4, -0.2) is 35.5 Å². The monoisotopic (exact) mass is 312 g/mol. The molecule has 22 heavy (non-hydrogen) atoms. The lowest BCUT2D eigenvalue weighted by molar-refractivity contribution is -0.143. The Morgan fingerprint density at radius 2 is 1.91 bits per heavy atom. The van der Waals surface area contributed by atoms with Crippen LogP contribution in [0.3, 0.4) is 0 Å². The van der Waals surface area contributed by atoms with E-state index in [0.29, 0.717) is 6.07 Å². The SMILES string of the molecule is C[C@H](NC(=O)C1CCN(c2cc(F)cc(F)c2)C1=O)C(=O)O. The Bertz CT molecular complexity index is 615. The zero-order chi connectivity index (χ0) is 16.4. The summed E-state index contributed by atoms with van der Waals surface area (Å²) in [6.07, 6.45) is 0.148. The summed E-state index contributed by atoms with van der Waals surface area (Å²) in [6.45, 7) is 1.40. The Morgan fingerprint density at radius 3 is 2.45 bits per heavy atom. The Hall–Kier alpha value is -2.51. The average Bonchev–Trinajstić information content (AvgIpc) is 2.79. The lowest BCUT2D eigenvalue weighted by atomic mass is 10.1. The third kappa shape index (κ3) is 3.21. The number of carbonyl (C=O) groups excluding carboxylic acids is 2. The van der Waals surface area contributed by atoms with Crippen LogP contribution >= 0.6 is 0 Å². The number of amides is 2. The van der Waals surface area contributed by atoms with E-state index in [1.807, 2.05) is 0 Å². The summed E-state index contributed by atoms with van der Waals surface area (Å²) in [5, 5.41) is 10.9. The molecule has 1 fully saturated rings. The maximum atomic E-state index is 13.2. The van der Waals surface area contributed by atoms with E-state index in [2.05, 4.69) is 5.32 Å². The lowest BCUT2D eigenvalue weighted by Crippen LogP contribution is -2.44. The molecular weight excluding hydrogens is 298 g/mol. The topological polar surface area (TPSA) is 86.7 Å². The van der Waals surface area contributed by atoms with Gasteiger partial charge in [-0.05, 0) is 25.5 Å². The molecule has 1 aliphatic rings. The minimum absolute atomic E-state index is 0.0316. The molecule has 0 radical (unpaired) electrons. The number of anilines is 1. The second-order valence-electron chi connectivity index (χ2n) is 5.03. The van der Waals surface area contributed by atoms with Gasteiger partial charge in [-0.3, -0.25) is 14.4 Å². The minimum Gasteiger partial charge on any atom is -0.480 e. The molecule has 0 aromatic heterocycles. The fourth-order valence-corrected chi connectivity index (χ4v) is 2.25. The second kappa shape index (κ2) is 6.08. The van der Waals surface area contributed by atoms with E-state index in [1.54, 1.807) is 0 Å². The molecule has 118 valence electrons. The van der Waals surface area contributed by atoms with Gasteiger partial charge in [0.15, 0.2) is 0 Å². The molecule has 1 aliphatic heterocycles. The Labute approximate surface area is 124 Å². The molecule has 1 aromatic carbocycles. The van der Waals surface area contributed by atoms with Crippen LogP contribution in [-0.2, 0) is 14.4 Å². The van der Waals surface area contributed by atoms with Crippen molar-refractivity contribution in [2.24, 2.45) is 5.92 Å². The number of halogens is 2. The zero-order valence-electron chi connectivity index (χ0n) is 11.7. The van der Waals surface area contributed by atoms with E-state index in [4.69, 9.17) is 5.11 Å². The molecule has 1 unspecified atom stereocenters. The predicted molar refractivity (Wildman–Crippen MR) is 72.1 cm³/mol. The molecule has 0 bridgehead atoms. The summed E-state index contributed by atoms with van der Waals surface area (Å²) in [5.74, 6) is -5.25. The molecule has 2 amide bonds. The van der Waals surface area contributed by atoms with Crippen molar-refractivity contribution in [3.8, 4) is 0 Å². The first-order chi connectivity index (χ1) is 10.3. The van der Waals surface area contributed by atoms with Crippen molar-refractivity contribution in [3.05, 3.63) is 29.8 Å². The third-order valence-corrected chi connectivity index (χ3v) is 3.41. The van der Waals surface area contributed by atoms with Crippen LogP contribution in [0.1, 0.15) is 13.3 Å². The number of rotatable bonds is 4. The minimum atomic E-state index is -1.22. The van der Waals surface area contributed by atoms with Crippen molar-refractivity contribution in [2.75, 3.05) is 11.4 Å². The van der Waals surface area contributed by atoms with Gasteiger partial charge in [-0.25, -0.2) is 8.78 Å². The number of carbonyl (C=O) groups is 3. The van der Waals surface area contributed by atoms with Crippen molar-refractivity contribution >= 4 is 23.5 Å². The van der Waals surface area contributed by atoms with Gasteiger partial charge in [0.2, 0.25) is 11.8 Å². The van der Waals surface area contributed by atoms with E-state index >= 15 is 0 Å². The van der Waals surface area contributed by atoms with Gasteiger partial charge in [-0.1, -0.05) is 0 Å². The zero-order valence-corrected chi connectivity index (χ0v) is 11.7. The van der Waals surface area contributed by atoms with Crippen molar-refractivity contribution in [3.63, 3.8) is 0 Å². The summed E-state index contributed by atoms with van der Waals surface area (Å²) < 4.78 is 26.4. The van der Waals surface area contributed by atoms with E-state index in [1.165, 1.54) is 6.92 Å². The number of nitrogens with zero attached hydrogens (tertiary/aromatic N) is 1. The largest absolute Gasteiger partial charge is 0.480 e. The predicted octanol–water partition coefficient (Wildman–Crippen LogP) is 0.907. The standard InChI is InChI=1S/C14H14F2N2O4/c1-7(14(21)22)17-12(19)11-2-3-18(13(11)20)10-5-8(15)4-9(16)6-10/h4-7,11H,2-3H2,1H3,(H,17,19)(H,21,22)/t7-,11?/m0/s1. The first-order valence-corrected chi connectivity index (χ1v) is 6.60. The Balaban J connectivity index is 2.12. The van der Waals surface area contributed by atoms with Gasteiger partial charge in [0.1, 0.15) is 23.6 Å². The fourth-order valence-electron chi connectivity index (χ4n) is 2.25. The van der Waals surface area contributed by atoms with Gasteiger partial charge in [0, 0.05) is 18.3 Å². The van der Waals surface area contributed by atoms with Gasteiger partial charge in [-0.15, -0.1) is 0 Å². The molecule has 2 rings (SSSR count). The van der Waals surface area contributed by atoms with Gasteiger partial charge < -0.3 is 15.3 Å². The maximum absolute atomic E-state index is 13.2. The number of nitrogens with one attached hydrogen (secondary N) is 1. The number of benzene rings is 1.